The number of rotatable bonds is 4. The highest BCUT2D eigenvalue weighted by Gasteiger charge is 2.31. The van der Waals surface area contributed by atoms with Gasteiger partial charge in [0.2, 0.25) is 5.91 Å². The largest absolute Gasteiger partial charge is 0.368 e. The monoisotopic (exact) mass is 436 g/mol. The highest BCUT2D eigenvalue weighted by atomic mass is 19.1. The molecule has 1 atom stereocenters. The topological polar surface area (TPSA) is 83.3 Å². The van der Waals surface area contributed by atoms with Gasteiger partial charge in [-0.2, -0.15) is 5.10 Å². The van der Waals surface area contributed by atoms with E-state index in [2.05, 4.69) is 29.9 Å². The summed E-state index contributed by atoms with van der Waals surface area (Å²) in [5.74, 6) is 1.37. The van der Waals surface area contributed by atoms with Crippen LogP contribution in [-0.2, 0) is 4.79 Å². The predicted octanol–water partition coefficient (Wildman–Crippen LogP) is 1.76. The van der Waals surface area contributed by atoms with Crippen LogP contribution in [0.1, 0.15) is 12.8 Å². The number of piperidine rings is 1. The van der Waals surface area contributed by atoms with Crippen molar-refractivity contribution < 1.29 is 9.18 Å². The Balaban J connectivity index is 1.21. The molecule has 4 heterocycles. The average Bonchev–Trinajstić information content (AvgIpc) is 3.40. The minimum atomic E-state index is -0.235. The lowest BCUT2D eigenvalue weighted by molar-refractivity contribution is -0.136. The van der Waals surface area contributed by atoms with Crippen LogP contribution in [0.5, 0.6) is 0 Å². The molecule has 0 bridgehead atoms. The molecule has 0 aliphatic carbocycles. The summed E-state index contributed by atoms with van der Waals surface area (Å²) in [5.41, 5.74) is 0.995. The molecule has 0 N–H and O–H groups in total. The van der Waals surface area contributed by atoms with Crippen molar-refractivity contribution in [1.29, 1.82) is 0 Å². The molecule has 1 unspecified atom stereocenters. The fourth-order valence-electron chi connectivity index (χ4n) is 4.44. The van der Waals surface area contributed by atoms with Gasteiger partial charge >= 0.3 is 0 Å². The zero-order chi connectivity index (χ0) is 21.9. The number of benzene rings is 1. The molecule has 2 saturated heterocycles. The first-order chi connectivity index (χ1) is 15.7. The van der Waals surface area contributed by atoms with Gasteiger partial charge in [0.05, 0.1) is 5.92 Å². The normalized spacial score (nSPS) is 19.3. The molecule has 1 aromatic carbocycles. The highest BCUT2D eigenvalue weighted by Crippen LogP contribution is 2.25. The summed E-state index contributed by atoms with van der Waals surface area (Å²) in [6.45, 7) is 4.36. The smallest absolute Gasteiger partial charge is 0.227 e. The summed E-state index contributed by atoms with van der Waals surface area (Å²) in [6, 6.07) is 8.42. The lowest BCUT2D eigenvalue weighted by atomic mass is 9.96. The van der Waals surface area contributed by atoms with Crippen LogP contribution in [-0.4, -0.2) is 74.8 Å². The Morgan fingerprint density at radius 2 is 1.72 bits per heavy atom. The minimum absolute atomic E-state index is 0.0501. The van der Waals surface area contributed by atoms with E-state index in [1.54, 1.807) is 23.1 Å². The fourth-order valence-corrected chi connectivity index (χ4v) is 4.44. The van der Waals surface area contributed by atoms with E-state index in [9.17, 15) is 9.18 Å². The maximum Gasteiger partial charge on any atom is 0.227 e. The second-order valence-electron chi connectivity index (χ2n) is 8.15. The van der Waals surface area contributed by atoms with Crippen LogP contribution >= 0.6 is 0 Å². The summed E-state index contributed by atoms with van der Waals surface area (Å²) < 4.78 is 14.8. The Kier molecular flexibility index (Phi) is 5.66. The molecule has 5 rings (SSSR count). The molecule has 32 heavy (non-hydrogen) atoms. The van der Waals surface area contributed by atoms with E-state index >= 15 is 0 Å². The van der Waals surface area contributed by atoms with Crippen molar-refractivity contribution in [2.24, 2.45) is 5.92 Å². The Hall–Kier alpha value is -3.56. The molecule has 9 nitrogen and oxygen atoms in total. The van der Waals surface area contributed by atoms with E-state index in [1.165, 1.54) is 24.8 Å². The van der Waals surface area contributed by atoms with Crippen molar-refractivity contribution in [2.75, 3.05) is 49.1 Å². The van der Waals surface area contributed by atoms with Crippen LogP contribution in [0.2, 0.25) is 0 Å². The van der Waals surface area contributed by atoms with Gasteiger partial charge in [-0.25, -0.2) is 24.0 Å². The van der Waals surface area contributed by atoms with Crippen LogP contribution in [0, 0.1) is 11.7 Å². The van der Waals surface area contributed by atoms with E-state index in [1.807, 2.05) is 11.0 Å². The molecule has 166 valence electrons. The van der Waals surface area contributed by atoms with Crippen molar-refractivity contribution in [3.63, 3.8) is 0 Å². The number of aromatic nitrogens is 5. The molecular formula is C22H25FN8O. The Morgan fingerprint density at radius 3 is 2.47 bits per heavy atom. The molecular weight excluding hydrogens is 411 g/mol. The predicted molar refractivity (Wildman–Crippen MR) is 117 cm³/mol. The second-order valence-corrected chi connectivity index (χ2v) is 8.15. The molecule has 0 spiro atoms. The van der Waals surface area contributed by atoms with Crippen molar-refractivity contribution in [3.8, 4) is 5.82 Å². The number of carbonyl (C=O) groups is 1. The first-order valence-electron chi connectivity index (χ1n) is 10.9. The van der Waals surface area contributed by atoms with Gasteiger partial charge in [-0.3, -0.25) is 4.79 Å². The molecule has 2 fully saturated rings. The molecule has 2 aromatic heterocycles. The van der Waals surface area contributed by atoms with Crippen molar-refractivity contribution in [1.82, 2.24) is 29.6 Å². The van der Waals surface area contributed by atoms with E-state index in [0.29, 0.717) is 25.5 Å². The van der Waals surface area contributed by atoms with Crippen LogP contribution < -0.4 is 9.80 Å². The molecule has 3 aromatic rings. The Bertz CT molecular complexity index is 1050. The standard InChI is InChI=1S/C22H25FN8O/c23-18-3-5-19(6-4-18)28-8-10-29(11-9-28)22(32)17-2-1-7-30(13-17)20-12-21(26-15-25-20)31-16-24-14-27-31/h3-6,12,14-17H,1-2,7-11,13H2. The van der Waals surface area contributed by atoms with Gasteiger partial charge < -0.3 is 14.7 Å². The van der Waals surface area contributed by atoms with E-state index in [0.717, 1.165) is 44.0 Å². The van der Waals surface area contributed by atoms with Gasteiger partial charge in [-0.1, -0.05) is 0 Å². The average molecular weight is 436 g/mol. The number of carbonyl (C=O) groups excluding carboxylic acids is 1. The maximum absolute atomic E-state index is 13.2. The number of piperazine rings is 1. The summed E-state index contributed by atoms with van der Waals surface area (Å²) in [5, 5.41) is 4.12. The van der Waals surface area contributed by atoms with Gasteiger partial charge in [0.1, 0.15) is 30.6 Å². The summed E-state index contributed by atoms with van der Waals surface area (Å²) in [7, 11) is 0. The quantitative estimate of drug-likeness (QED) is 0.616. The van der Waals surface area contributed by atoms with Gasteiger partial charge in [0.25, 0.3) is 0 Å². The van der Waals surface area contributed by atoms with Crippen molar-refractivity contribution in [2.45, 2.75) is 12.8 Å². The van der Waals surface area contributed by atoms with Crippen molar-refractivity contribution in [3.05, 3.63) is 55.1 Å². The first-order valence-corrected chi connectivity index (χ1v) is 10.9. The van der Waals surface area contributed by atoms with Gasteiger partial charge in [0.15, 0.2) is 5.82 Å². The Labute approximate surface area is 185 Å². The van der Waals surface area contributed by atoms with Gasteiger partial charge in [-0.05, 0) is 37.1 Å². The summed E-state index contributed by atoms with van der Waals surface area (Å²) >= 11 is 0. The third-order valence-electron chi connectivity index (χ3n) is 6.17. The first kappa shape index (κ1) is 20.3. The van der Waals surface area contributed by atoms with Crippen LogP contribution in [0.15, 0.2) is 49.3 Å². The summed E-state index contributed by atoms with van der Waals surface area (Å²) in [6.07, 6.45) is 6.41. The van der Waals surface area contributed by atoms with Gasteiger partial charge in [-0.15, -0.1) is 0 Å². The molecule has 0 saturated carbocycles. The third kappa shape index (κ3) is 4.25. The van der Waals surface area contributed by atoms with E-state index < -0.39 is 0 Å². The molecule has 0 radical (unpaired) electrons. The molecule has 10 heteroatoms. The van der Waals surface area contributed by atoms with E-state index in [-0.39, 0.29) is 17.6 Å². The number of hydrogen-bond acceptors (Lipinski definition) is 7. The third-order valence-corrected chi connectivity index (χ3v) is 6.17. The van der Waals surface area contributed by atoms with Crippen molar-refractivity contribution >= 4 is 17.4 Å². The maximum atomic E-state index is 13.2. The minimum Gasteiger partial charge on any atom is -0.368 e. The van der Waals surface area contributed by atoms with Crippen LogP contribution in [0.25, 0.3) is 5.82 Å². The van der Waals surface area contributed by atoms with Gasteiger partial charge in [0, 0.05) is 51.0 Å². The lowest BCUT2D eigenvalue weighted by Crippen LogP contribution is -2.52. The van der Waals surface area contributed by atoms with Crippen LogP contribution in [0.4, 0.5) is 15.9 Å². The number of halogens is 1. The van der Waals surface area contributed by atoms with Crippen LogP contribution in [0.3, 0.4) is 0 Å². The molecule has 2 aliphatic heterocycles. The number of anilines is 2. The molecule has 1 amide bonds. The highest BCUT2D eigenvalue weighted by molar-refractivity contribution is 5.80. The fraction of sp³-hybridized carbons (Fsp3) is 0.409. The SMILES string of the molecule is O=C(C1CCCN(c2cc(-n3cncn3)ncn2)C1)N1CCN(c2ccc(F)cc2)CC1. The number of amides is 1. The lowest BCUT2D eigenvalue weighted by Gasteiger charge is -2.40. The van der Waals surface area contributed by atoms with E-state index in [4.69, 9.17) is 0 Å². The number of hydrogen-bond donors (Lipinski definition) is 0. The zero-order valence-corrected chi connectivity index (χ0v) is 17.7. The molecule has 2 aliphatic rings. The summed E-state index contributed by atoms with van der Waals surface area (Å²) in [4.78, 5) is 32.2. The Morgan fingerprint density at radius 1 is 0.938 bits per heavy atom. The second kappa shape index (κ2) is 8.89. The number of nitrogens with zero attached hydrogens (tertiary/aromatic N) is 8. The zero-order valence-electron chi connectivity index (χ0n) is 17.7.